The van der Waals surface area contributed by atoms with Gasteiger partial charge in [-0.05, 0) is 41.3 Å². The molecule has 2 fully saturated rings. The Labute approximate surface area is 273 Å². The zero-order valence-electron chi connectivity index (χ0n) is 25.4. The van der Waals surface area contributed by atoms with Crippen molar-refractivity contribution < 1.29 is 23.6 Å². The number of benzene rings is 3. The second kappa shape index (κ2) is 16.0. The molecule has 0 saturated carbocycles. The van der Waals surface area contributed by atoms with E-state index in [1.54, 1.807) is 0 Å². The predicted octanol–water partition coefficient (Wildman–Crippen LogP) is 4.21. The average Bonchev–Trinajstić information content (AvgIpc) is 3.65. The highest BCUT2D eigenvalue weighted by atomic mass is 32.5. The number of nitrogens with zero attached hydrogens (tertiary/aromatic N) is 1. The lowest BCUT2D eigenvalue weighted by molar-refractivity contribution is 0.0295. The van der Waals surface area contributed by atoms with E-state index < -0.39 is 24.3 Å². The van der Waals surface area contributed by atoms with Gasteiger partial charge in [0.25, 0.3) is 6.64 Å². The van der Waals surface area contributed by atoms with Crippen molar-refractivity contribution >= 4 is 33.6 Å². The molecular formula is C33H39B2N3O5PS. The van der Waals surface area contributed by atoms with Crippen LogP contribution < -0.4 is 10.4 Å². The molecule has 2 saturated heterocycles. The number of rotatable bonds is 15. The van der Waals surface area contributed by atoms with Crippen LogP contribution in [0.5, 0.6) is 0 Å². The number of hydrogen-bond donors (Lipinski definition) is 3. The van der Waals surface area contributed by atoms with Gasteiger partial charge in [-0.3, -0.25) is 5.32 Å². The lowest BCUT2D eigenvalue weighted by Crippen LogP contribution is -2.53. The van der Waals surface area contributed by atoms with E-state index in [0.29, 0.717) is 6.42 Å². The predicted molar refractivity (Wildman–Crippen MR) is 180 cm³/mol. The van der Waals surface area contributed by atoms with E-state index in [-0.39, 0.29) is 50.4 Å². The molecule has 45 heavy (non-hydrogen) atoms. The minimum atomic E-state index is -3.14. The number of ether oxygens (including phenoxy) is 2. The van der Waals surface area contributed by atoms with E-state index >= 15 is 0 Å². The van der Waals surface area contributed by atoms with Gasteiger partial charge in [0, 0.05) is 24.1 Å². The van der Waals surface area contributed by atoms with Crippen molar-refractivity contribution in [2.24, 2.45) is 0 Å². The third-order valence-corrected chi connectivity index (χ3v) is 11.0. The van der Waals surface area contributed by atoms with Crippen molar-refractivity contribution in [3.8, 4) is 6.07 Å². The minimum absolute atomic E-state index is 0.0959. The summed E-state index contributed by atoms with van der Waals surface area (Å²) in [6.07, 6.45) is 0.422. The quantitative estimate of drug-likeness (QED) is 0.0974. The molecule has 2 heterocycles. The lowest BCUT2D eigenvalue weighted by Gasteiger charge is -2.40. The molecule has 3 radical (unpaired) electrons. The first-order valence-electron chi connectivity index (χ1n) is 15.4. The monoisotopic (exact) mass is 642 g/mol. The van der Waals surface area contributed by atoms with Gasteiger partial charge in [0.05, 0.1) is 50.1 Å². The van der Waals surface area contributed by atoms with Crippen molar-refractivity contribution in [3.05, 3.63) is 108 Å². The normalized spacial score (nSPS) is 26.2. The Morgan fingerprint density at radius 2 is 1.51 bits per heavy atom. The van der Waals surface area contributed by atoms with Crippen molar-refractivity contribution in [2.75, 3.05) is 19.8 Å². The molecule has 5 rings (SSSR count). The van der Waals surface area contributed by atoms with Crippen LogP contribution >= 0.6 is 6.64 Å². The molecule has 2 aliphatic heterocycles. The Balaban J connectivity index is 1.46. The fraction of sp³-hybridized carbons (Fsp3) is 0.424. The van der Waals surface area contributed by atoms with Gasteiger partial charge in [0.15, 0.2) is 0 Å². The second-order valence-corrected chi connectivity index (χ2v) is 14.5. The fourth-order valence-electron chi connectivity index (χ4n) is 6.17. The van der Waals surface area contributed by atoms with Crippen molar-refractivity contribution in [3.63, 3.8) is 0 Å². The number of aliphatic hydroxyl groups excluding tert-OH is 1. The standard InChI is InChI=1S/C33H39B2N3O5PS/c1-35-32-21-27(30(43-32)23-41-44(45,40-19-11-18-36)38-28-20-31(34)42-29(28)22-39)37-33(24-12-5-2-6-13-24,25-14-7-3-8-15-25)26-16-9-4-10-17-26/h2-10,12-17,27-32,37,39H,11,19-23H2,1H3,(H,38,45)/t27?,28?,29-,30-,31-,32-,44?/m1/s1. The third-order valence-electron chi connectivity index (χ3n) is 8.35. The van der Waals surface area contributed by atoms with E-state index in [2.05, 4.69) is 96.5 Å². The van der Waals surface area contributed by atoms with Crippen LogP contribution in [0.25, 0.3) is 0 Å². The summed E-state index contributed by atoms with van der Waals surface area (Å²) in [5, 5.41) is 26.3. The maximum Gasteiger partial charge on any atom is 0.261 e. The fourth-order valence-corrected chi connectivity index (χ4v) is 8.56. The molecule has 3 unspecified atom stereocenters. The molecule has 12 heteroatoms. The molecule has 3 aromatic rings. The summed E-state index contributed by atoms with van der Waals surface area (Å²) in [7, 11) is 8.07. The van der Waals surface area contributed by atoms with Crippen LogP contribution in [0.3, 0.4) is 0 Å². The molecule has 0 aromatic heterocycles. The molecule has 2 aliphatic rings. The zero-order chi connectivity index (χ0) is 31.7. The van der Waals surface area contributed by atoms with Crippen molar-refractivity contribution in [2.45, 2.75) is 67.9 Å². The summed E-state index contributed by atoms with van der Waals surface area (Å²) in [5.41, 5.74) is 2.62. The van der Waals surface area contributed by atoms with Crippen LogP contribution in [0.4, 0.5) is 0 Å². The molecule has 233 valence electrons. The molecule has 0 bridgehead atoms. The maximum absolute atomic E-state index is 9.85. The van der Waals surface area contributed by atoms with Gasteiger partial charge in [-0.2, -0.15) is 5.26 Å². The number of nitrogens with one attached hydrogen (secondary N) is 2. The summed E-state index contributed by atoms with van der Waals surface area (Å²) < 4.78 is 24.6. The van der Waals surface area contributed by atoms with Crippen LogP contribution in [0, 0.1) is 11.3 Å². The van der Waals surface area contributed by atoms with Gasteiger partial charge in [0.2, 0.25) is 0 Å². The molecule has 8 nitrogen and oxygen atoms in total. The highest BCUT2D eigenvalue weighted by molar-refractivity contribution is 8.09. The third kappa shape index (κ3) is 8.15. The van der Waals surface area contributed by atoms with Crippen LogP contribution in [0.1, 0.15) is 36.0 Å². The number of aliphatic hydroxyl groups is 1. The number of nitriles is 1. The molecule has 0 aliphatic carbocycles. The lowest BCUT2D eigenvalue weighted by atomic mass is 9.72. The average molecular weight is 642 g/mol. The number of hydrogen-bond acceptors (Lipinski definition) is 8. The van der Waals surface area contributed by atoms with Gasteiger partial charge in [-0.1, -0.05) is 97.8 Å². The van der Waals surface area contributed by atoms with Gasteiger partial charge in [-0.25, -0.2) is 5.09 Å². The Kier molecular flexibility index (Phi) is 12.1. The highest BCUT2D eigenvalue weighted by Crippen LogP contribution is 2.47. The van der Waals surface area contributed by atoms with Crippen LogP contribution in [0.2, 0.25) is 6.82 Å². The first-order valence-corrected chi connectivity index (χ1v) is 18.0. The SMILES string of the molecule is [B][C@H]1CC(NP(=S)(OCCC#N)OC[C@H]2O[C@@H]([B]C)CC2NC(c2ccccc2)(c2ccccc2)c2ccccc2)[C@@H](CO)O1. The van der Waals surface area contributed by atoms with Crippen LogP contribution in [-0.2, 0) is 35.9 Å². The highest BCUT2D eigenvalue weighted by Gasteiger charge is 2.44. The first-order chi connectivity index (χ1) is 21.9. The smallest absolute Gasteiger partial charge is 0.261 e. The summed E-state index contributed by atoms with van der Waals surface area (Å²) >= 11 is 5.95. The Hall–Kier alpha value is -2.35. The van der Waals surface area contributed by atoms with Crippen LogP contribution in [0.15, 0.2) is 91.0 Å². The largest absolute Gasteiger partial charge is 0.394 e. The van der Waals surface area contributed by atoms with E-state index in [1.807, 2.05) is 25.0 Å². The van der Waals surface area contributed by atoms with Crippen molar-refractivity contribution in [1.82, 2.24) is 10.4 Å². The maximum atomic E-state index is 9.85. The summed E-state index contributed by atoms with van der Waals surface area (Å²) in [6.45, 7) is -1.10. The molecule has 0 spiro atoms. The topological polar surface area (TPSA) is 105 Å². The molecule has 7 atom stereocenters. The summed E-state index contributed by atoms with van der Waals surface area (Å²) in [4.78, 5) is 0. The van der Waals surface area contributed by atoms with Gasteiger partial charge in [0.1, 0.15) is 15.1 Å². The molecule has 3 N–H and O–H groups in total. The molecular weight excluding hydrogens is 603 g/mol. The summed E-state index contributed by atoms with van der Waals surface area (Å²) in [5.74, 6) is 0. The van der Waals surface area contributed by atoms with Gasteiger partial charge >= 0.3 is 0 Å². The zero-order valence-corrected chi connectivity index (χ0v) is 27.1. The Bertz CT molecular complexity index is 1340. The molecule has 0 amide bonds. The summed E-state index contributed by atoms with van der Waals surface area (Å²) in [6, 6.07) is 32.3. The minimum Gasteiger partial charge on any atom is -0.394 e. The van der Waals surface area contributed by atoms with Gasteiger partial charge < -0.3 is 23.6 Å². The second-order valence-electron chi connectivity index (χ2n) is 11.3. The van der Waals surface area contributed by atoms with E-state index in [9.17, 15) is 5.11 Å². The first kappa shape index (κ1) is 34.0. The Morgan fingerprint density at radius 3 is 2.02 bits per heavy atom. The van der Waals surface area contributed by atoms with Crippen molar-refractivity contribution in [1.29, 1.82) is 5.26 Å². The van der Waals surface area contributed by atoms with Gasteiger partial charge in [-0.15, -0.1) is 0 Å². The van der Waals surface area contributed by atoms with Crippen LogP contribution in [-0.4, -0.2) is 76.4 Å². The molecule has 3 aromatic carbocycles. The Morgan fingerprint density at radius 1 is 0.933 bits per heavy atom. The van der Waals surface area contributed by atoms with E-state index in [4.69, 9.17) is 43.4 Å². The van der Waals surface area contributed by atoms with E-state index in [0.717, 1.165) is 23.1 Å². The van der Waals surface area contributed by atoms with E-state index in [1.165, 1.54) is 0 Å².